The summed E-state index contributed by atoms with van der Waals surface area (Å²) in [6.45, 7) is 1.20. The predicted molar refractivity (Wildman–Crippen MR) is 50.4 cm³/mol. The molecule has 1 unspecified atom stereocenters. The summed E-state index contributed by atoms with van der Waals surface area (Å²) < 4.78 is 0. The lowest BCUT2D eigenvalue weighted by Gasteiger charge is -2.42. The first kappa shape index (κ1) is 6.53. The number of anilines is 1. The van der Waals surface area contributed by atoms with Crippen LogP contribution in [0.4, 0.5) is 5.69 Å². The van der Waals surface area contributed by atoms with E-state index in [9.17, 15) is 0 Å². The van der Waals surface area contributed by atoms with Crippen molar-refractivity contribution in [3.8, 4) is 0 Å². The van der Waals surface area contributed by atoms with Gasteiger partial charge in [0, 0.05) is 12.2 Å². The molecule has 1 aliphatic heterocycles. The van der Waals surface area contributed by atoms with E-state index in [1.165, 1.54) is 25.1 Å². The first-order chi connectivity index (χ1) is 5.95. The van der Waals surface area contributed by atoms with Gasteiger partial charge in [0.1, 0.15) is 0 Å². The van der Waals surface area contributed by atoms with Crippen LogP contribution in [0.15, 0.2) is 24.3 Å². The Hall–Kier alpha value is -0.980. The fourth-order valence-electron chi connectivity index (χ4n) is 2.45. The van der Waals surface area contributed by atoms with E-state index >= 15 is 0 Å². The third-order valence-corrected chi connectivity index (χ3v) is 3.33. The Kier molecular flexibility index (Phi) is 1.23. The molecule has 1 nitrogen and oxygen atoms in total. The zero-order valence-corrected chi connectivity index (χ0v) is 7.09. The van der Waals surface area contributed by atoms with Crippen molar-refractivity contribution >= 4 is 5.69 Å². The molecule has 2 atom stereocenters. The van der Waals surface area contributed by atoms with Crippen molar-refractivity contribution < 1.29 is 0 Å². The van der Waals surface area contributed by atoms with Gasteiger partial charge in [-0.1, -0.05) is 18.2 Å². The van der Waals surface area contributed by atoms with E-state index in [0.717, 1.165) is 11.8 Å². The Labute approximate surface area is 72.8 Å². The molecule has 0 radical (unpaired) electrons. The van der Waals surface area contributed by atoms with E-state index < -0.39 is 0 Å². The van der Waals surface area contributed by atoms with Crippen molar-refractivity contribution in [3.63, 3.8) is 0 Å². The molecule has 62 valence electrons. The smallest absolute Gasteiger partial charge is 0.0375 e. The molecule has 1 aliphatic carbocycles. The summed E-state index contributed by atoms with van der Waals surface area (Å²) in [6, 6.07) is 8.74. The molecular weight excluding hydrogens is 146 g/mol. The van der Waals surface area contributed by atoms with Crippen molar-refractivity contribution in [1.29, 1.82) is 0 Å². The van der Waals surface area contributed by atoms with Crippen LogP contribution < -0.4 is 5.32 Å². The highest BCUT2D eigenvalue weighted by Crippen LogP contribution is 2.47. The van der Waals surface area contributed by atoms with E-state index in [2.05, 4.69) is 29.6 Å². The fourth-order valence-corrected chi connectivity index (χ4v) is 2.45. The van der Waals surface area contributed by atoms with Gasteiger partial charge in [-0.3, -0.25) is 0 Å². The van der Waals surface area contributed by atoms with Crippen molar-refractivity contribution in [2.24, 2.45) is 5.92 Å². The number of benzene rings is 1. The molecular formula is C11H13N. The third kappa shape index (κ3) is 0.739. The topological polar surface area (TPSA) is 12.0 Å². The standard InChI is InChI=1S/C11H13N/c1-2-4-11-10(3-1)9-6-5-8(9)7-12-11/h1-4,8-9,12H,5-7H2/t8?,9-/m1/s1. The van der Waals surface area contributed by atoms with Gasteiger partial charge in [-0.25, -0.2) is 0 Å². The molecule has 12 heavy (non-hydrogen) atoms. The van der Waals surface area contributed by atoms with Crippen LogP contribution in [-0.4, -0.2) is 6.54 Å². The Balaban J connectivity index is 2.07. The molecule has 2 aliphatic rings. The van der Waals surface area contributed by atoms with Crippen molar-refractivity contribution in [2.75, 3.05) is 11.9 Å². The van der Waals surface area contributed by atoms with E-state index in [-0.39, 0.29) is 0 Å². The average molecular weight is 159 g/mol. The zero-order chi connectivity index (χ0) is 7.97. The molecule has 0 amide bonds. The minimum Gasteiger partial charge on any atom is -0.385 e. The van der Waals surface area contributed by atoms with E-state index in [1.54, 1.807) is 5.56 Å². The van der Waals surface area contributed by atoms with Crippen LogP contribution in [0.5, 0.6) is 0 Å². The summed E-state index contributed by atoms with van der Waals surface area (Å²) in [6.07, 6.45) is 2.83. The summed E-state index contributed by atoms with van der Waals surface area (Å²) in [4.78, 5) is 0. The highest BCUT2D eigenvalue weighted by atomic mass is 14.9. The Morgan fingerprint density at radius 1 is 1.17 bits per heavy atom. The van der Waals surface area contributed by atoms with E-state index in [1.807, 2.05) is 0 Å². The number of hydrogen-bond acceptors (Lipinski definition) is 1. The summed E-state index contributed by atoms with van der Waals surface area (Å²) in [5.74, 6) is 1.81. The van der Waals surface area contributed by atoms with E-state index in [4.69, 9.17) is 0 Å². The van der Waals surface area contributed by atoms with Crippen molar-refractivity contribution in [2.45, 2.75) is 18.8 Å². The molecule has 1 heteroatoms. The SMILES string of the molecule is c1ccc2c(c1)NCC1CC[C@@H]21. The lowest BCUT2D eigenvalue weighted by molar-refractivity contribution is 0.262. The van der Waals surface area contributed by atoms with Gasteiger partial charge in [-0.2, -0.15) is 0 Å². The van der Waals surface area contributed by atoms with Gasteiger partial charge in [0.2, 0.25) is 0 Å². The molecule has 1 heterocycles. The molecule has 1 saturated carbocycles. The second-order valence-corrected chi connectivity index (χ2v) is 3.91. The van der Waals surface area contributed by atoms with Crippen molar-refractivity contribution in [1.82, 2.24) is 0 Å². The third-order valence-electron chi connectivity index (χ3n) is 3.33. The number of nitrogens with one attached hydrogen (secondary N) is 1. The Morgan fingerprint density at radius 2 is 2.08 bits per heavy atom. The van der Waals surface area contributed by atoms with Crippen LogP contribution in [0, 0.1) is 5.92 Å². The molecule has 0 saturated heterocycles. The van der Waals surface area contributed by atoms with Crippen LogP contribution in [-0.2, 0) is 0 Å². The first-order valence-electron chi connectivity index (χ1n) is 4.78. The van der Waals surface area contributed by atoms with Gasteiger partial charge in [-0.15, -0.1) is 0 Å². The minimum absolute atomic E-state index is 0.877. The van der Waals surface area contributed by atoms with Crippen LogP contribution in [0.2, 0.25) is 0 Å². The summed E-state index contributed by atoms with van der Waals surface area (Å²) in [5, 5.41) is 3.49. The molecule has 1 fully saturated rings. The first-order valence-corrected chi connectivity index (χ1v) is 4.78. The summed E-state index contributed by atoms with van der Waals surface area (Å²) in [5.41, 5.74) is 2.93. The second-order valence-electron chi connectivity index (χ2n) is 3.91. The molecule has 0 aromatic heterocycles. The summed E-state index contributed by atoms with van der Waals surface area (Å²) in [7, 11) is 0. The maximum atomic E-state index is 3.49. The van der Waals surface area contributed by atoms with Gasteiger partial charge >= 0.3 is 0 Å². The zero-order valence-electron chi connectivity index (χ0n) is 7.09. The molecule has 1 aromatic carbocycles. The quantitative estimate of drug-likeness (QED) is 0.613. The number of hydrogen-bond donors (Lipinski definition) is 1. The van der Waals surface area contributed by atoms with Crippen LogP contribution in [0.3, 0.4) is 0 Å². The number of para-hydroxylation sites is 1. The van der Waals surface area contributed by atoms with Crippen LogP contribution >= 0.6 is 0 Å². The highest BCUT2D eigenvalue weighted by molar-refractivity contribution is 5.56. The normalized spacial score (nSPS) is 31.0. The lowest BCUT2D eigenvalue weighted by atomic mass is 9.68. The van der Waals surface area contributed by atoms with Gasteiger partial charge in [0.05, 0.1) is 0 Å². The molecule has 0 bridgehead atoms. The molecule has 1 aromatic rings. The highest BCUT2D eigenvalue weighted by Gasteiger charge is 2.35. The predicted octanol–water partition coefficient (Wildman–Crippen LogP) is 2.61. The van der Waals surface area contributed by atoms with Crippen molar-refractivity contribution in [3.05, 3.63) is 29.8 Å². The average Bonchev–Trinajstić information content (AvgIpc) is 2.05. The second kappa shape index (κ2) is 2.25. The monoisotopic (exact) mass is 159 g/mol. The Bertz CT molecular complexity index is 306. The molecule has 3 rings (SSSR count). The molecule has 0 spiro atoms. The maximum absolute atomic E-state index is 3.49. The number of fused-ring (bicyclic) bond motifs is 3. The maximum Gasteiger partial charge on any atom is 0.0375 e. The lowest BCUT2D eigenvalue weighted by Crippen LogP contribution is -2.34. The summed E-state index contributed by atoms with van der Waals surface area (Å²) >= 11 is 0. The molecule has 1 N–H and O–H groups in total. The van der Waals surface area contributed by atoms with E-state index in [0.29, 0.717) is 0 Å². The largest absolute Gasteiger partial charge is 0.385 e. The van der Waals surface area contributed by atoms with Crippen LogP contribution in [0.1, 0.15) is 24.3 Å². The van der Waals surface area contributed by atoms with Gasteiger partial charge in [0.25, 0.3) is 0 Å². The number of rotatable bonds is 0. The fraction of sp³-hybridized carbons (Fsp3) is 0.455. The van der Waals surface area contributed by atoms with Crippen LogP contribution in [0.25, 0.3) is 0 Å². The minimum atomic E-state index is 0.877. The van der Waals surface area contributed by atoms with Gasteiger partial charge in [0.15, 0.2) is 0 Å². The van der Waals surface area contributed by atoms with Gasteiger partial charge < -0.3 is 5.32 Å². The Morgan fingerprint density at radius 3 is 2.92 bits per heavy atom. The van der Waals surface area contributed by atoms with Gasteiger partial charge in [-0.05, 0) is 36.3 Å².